The molecule has 0 radical (unpaired) electrons. The van der Waals surface area contributed by atoms with Crippen molar-refractivity contribution in [3.8, 4) is 11.5 Å². The molecule has 0 aliphatic rings. The number of carbonyl (C=O) groups is 2. The van der Waals surface area contributed by atoms with E-state index >= 15 is 0 Å². The van der Waals surface area contributed by atoms with E-state index < -0.39 is 11.7 Å². The minimum Gasteiger partial charge on any atom is -0.493 e. The van der Waals surface area contributed by atoms with Gasteiger partial charge in [0.25, 0.3) is 5.91 Å². The fourth-order valence-electron chi connectivity index (χ4n) is 1.79. The summed E-state index contributed by atoms with van der Waals surface area (Å²) in [5.74, 6) is -0.375. The third-order valence-corrected chi connectivity index (χ3v) is 3.18. The molecule has 5 nitrogen and oxygen atoms in total. The largest absolute Gasteiger partial charge is 0.493 e. The summed E-state index contributed by atoms with van der Waals surface area (Å²) in [5, 5.41) is 2.43. The Kier molecular flexibility index (Phi) is 5.54. The monoisotopic (exact) mass is 337 g/mol. The normalized spacial score (nSPS) is 10.0. The molecule has 0 aromatic heterocycles. The van der Waals surface area contributed by atoms with Gasteiger partial charge in [0.05, 0.1) is 12.1 Å². The minimum absolute atomic E-state index is 0.0935. The van der Waals surface area contributed by atoms with Crippen LogP contribution in [0.5, 0.6) is 11.5 Å². The fraction of sp³-hybridized carbons (Fsp3) is 0.125. The highest BCUT2D eigenvalue weighted by Crippen LogP contribution is 2.27. The van der Waals surface area contributed by atoms with Gasteiger partial charge in [-0.2, -0.15) is 0 Å². The summed E-state index contributed by atoms with van der Waals surface area (Å²) in [4.78, 5) is 22.6. The molecule has 1 amide bonds. The number of hydrogen-bond donors (Lipinski definition) is 1. The highest BCUT2D eigenvalue weighted by atomic mass is 35.5. The molecule has 0 unspecified atom stereocenters. The number of nitrogens with one attached hydrogen (secondary N) is 1. The summed E-state index contributed by atoms with van der Waals surface area (Å²) in [6.07, 6.45) is 0.660. The van der Waals surface area contributed by atoms with Crippen molar-refractivity contribution in [1.29, 1.82) is 0 Å². The molecule has 0 heterocycles. The van der Waals surface area contributed by atoms with E-state index in [9.17, 15) is 14.0 Å². The van der Waals surface area contributed by atoms with Gasteiger partial charge in [-0.3, -0.25) is 9.59 Å². The Morgan fingerprint density at radius 1 is 1.26 bits per heavy atom. The van der Waals surface area contributed by atoms with Crippen molar-refractivity contribution in [3.05, 3.63) is 52.8 Å². The van der Waals surface area contributed by atoms with E-state index in [0.717, 1.165) is 6.07 Å². The number of amides is 1. The summed E-state index contributed by atoms with van der Waals surface area (Å²) in [6, 6.07) is 8.42. The third-order valence-electron chi connectivity index (χ3n) is 2.89. The topological polar surface area (TPSA) is 64.6 Å². The van der Waals surface area contributed by atoms with Crippen LogP contribution < -0.4 is 14.8 Å². The Morgan fingerprint density at radius 2 is 2.04 bits per heavy atom. The zero-order valence-corrected chi connectivity index (χ0v) is 12.9. The van der Waals surface area contributed by atoms with E-state index in [0.29, 0.717) is 23.3 Å². The van der Waals surface area contributed by atoms with Crippen LogP contribution in [0.15, 0.2) is 36.4 Å². The molecular formula is C16H13ClFNO4. The van der Waals surface area contributed by atoms with Crippen LogP contribution in [0.1, 0.15) is 10.4 Å². The van der Waals surface area contributed by atoms with Crippen molar-refractivity contribution in [3.63, 3.8) is 0 Å². The molecule has 0 spiro atoms. The van der Waals surface area contributed by atoms with Gasteiger partial charge >= 0.3 is 0 Å². The summed E-state index contributed by atoms with van der Waals surface area (Å²) >= 11 is 5.64. The molecule has 23 heavy (non-hydrogen) atoms. The summed E-state index contributed by atoms with van der Waals surface area (Å²) < 4.78 is 23.5. The zero-order valence-electron chi connectivity index (χ0n) is 12.1. The van der Waals surface area contributed by atoms with Gasteiger partial charge in [-0.25, -0.2) is 4.39 Å². The molecular weight excluding hydrogens is 325 g/mol. The maximum Gasteiger partial charge on any atom is 0.262 e. The third kappa shape index (κ3) is 4.43. The number of halogens is 2. The Bertz CT molecular complexity index is 736. The molecule has 120 valence electrons. The predicted molar refractivity (Wildman–Crippen MR) is 83.9 cm³/mol. The molecule has 0 fully saturated rings. The number of anilines is 1. The SMILES string of the molecule is COc1ccc(C=O)cc1OCC(=O)Nc1ccc(F)c(Cl)c1. The lowest BCUT2D eigenvalue weighted by Gasteiger charge is -2.11. The van der Waals surface area contributed by atoms with E-state index in [4.69, 9.17) is 21.1 Å². The van der Waals surface area contributed by atoms with Crippen molar-refractivity contribution in [2.24, 2.45) is 0 Å². The minimum atomic E-state index is -0.573. The highest BCUT2D eigenvalue weighted by molar-refractivity contribution is 6.31. The number of benzene rings is 2. The summed E-state index contributed by atoms with van der Waals surface area (Å²) in [6.45, 7) is -0.312. The number of ether oxygens (including phenoxy) is 2. The van der Waals surface area contributed by atoms with E-state index in [1.165, 1.54) is 25.3 Å². The highest BCUT2D eigenvalue weighted by Gasteiger charge is 2.10. The lowest BCUT2D eigenvalue weighted by molar-refractivity contribution is -0.118. The molecule has 2 aromatic rings. The first-order valence-electron chi connectivity index (χ1n) is 6.54. The second-order valence-electron chi connectivity index (χ2n) is 4.49. The van der Waals surface area contributed by atoms with Crippen LogP contribution in [0.2, 0.25) is 5.02 Å². The average Bonchev–Trinajstić information content (AvgIpc) is 2.56. The first-order chi connectivity index (χ1) is 11.0. The smallest absolute Gasteiger partial charge is 0.262 e. The Labute approximate surface area is 137 Å². The van der Waals surface area contributed by atoms with Gasteiger partial charge in [-0.1, -0.05) is 11.6 Å². The molecule has 0 saturated carbocycles. The van der Waals surface area contributed by atoms with E-state index in [1.54, 1.807) is 12.1 Å². The molecule has 2 aromatic carbocycles. The van der Waals surface area contributed by atoms with Crippen molar-refractivity contribution < 1.29 is 23.5 Å². The molecule has 0 atom stereocenters. The van der Waals surface area contributed by atoms with Crippen LogP contribution in [-0.4, -0.2) is 25.9 Å². The van der Waals surface area contributed by atoms with E-state index in [2.05, 4.69) is 5.32 Å². The maximum absolute atomic E-state index is 13.0. The molecule has 1 N–H and O–H groups in total. The van der Waals surface area contributed by atoms with Gasteiger partial charge < -0.3 is 14.8 Å². The average molecular weight is 338 g/mol. The molecule has 7 heteroatoms. The standard InChI is InChI=1S/C16H13ClFNO4/c1-22-14-5-2-10(8-20)6-15(14)23-9-16(21)19-11-3-4-13(18)12(17)7-11/h2-8H,9H2,1H3,(H,19,21). The Balaban J connectivity index is 2.01. The van der Waals surface area contributed by atoms with Gasteiger partial charge in [0.2, 0.25) is 0 Å². The number of carbonyl (C=O) groups excluding carboxylic acids is 2. The number of aldehydes is 1. The van der Waals surface area contributed by atoms with Crippen LogP contribution in [0, 0.1) is 5.82 Å². The molecule has 0 bridgehead atoms. The van der Waals surface area contributed by atoms with Gasteiger partial charge in [-0.15, -0.1) is 0 Å². The van der Waals surface area contributed by atoms with Gasteiger partial charge in [0, 0.05) is 11.3 Å². The predicted octanol–water partition coefficient (Wildman–Crippen LogP) is 3.32. The van der Waals surface area contributed by atoms with Crippen molar-refractivity contribution in [2.75, 3.05) is 19.0 Å². The van der Waals surface area contributed by atoms with E-state index in [1.807, 2.05) is 0 Å². The second kappa shape index (κ2) is 7.60. The first kappa shape index (κ1) is 16.8. The number of rotatable bonds is 6. The zero-order chi connectivity index (χ0) is 16.8. The summed E-state index contributed by atoms with van der Waals surface area (Å²) in [5.41, 5.74) is 0.741. The lowest BCUT2D eigenvalue weighted by Crippen LogP contribution is -2.20. The first-order valence-corrected chi connectivity index (χ1v) is 6.92. The van der Waals surface area contributed by atoms with Crippen LogP contribution in [0.3, 0.4) is 0 Å². The van der Waals surface area contributed by atoms with Crippen molar-refractivity contribution in [1.82, 2.24) is 0 Å². The van der Waals surface area contributed by atoms with E-state index in [-0.39, 0.29) is 17.4 Å². The van der Waals surface area contributed by atoms with Crippen molar-refractivity contribution in [2.45, 2.75) is 0 Å². The second-order valence-corrected chi connectivity index (χ2v) is 4.90. The van der Waals surface area contributed by atoms with Gasteiger partial charge in [0.1, 0.15) is 12.1 Å². The van der Waals surface area contributed by atoms with Crippen molar-refractivity contribution >= 4 is 29.5 Å². The molecule has 2 rings (SSSR count). The summed E-state index contributed by atoms with van der Waals surface area (Å²) in [7, 11) is 1.45. The maximum atomic E-state index is 13.0. The van der Waals surface area contributed by atoms with Gasteiger partial charge in [-0.05, 0) is 36.4 Å². The number of methoxy groups -OCH3 is 1. The van der Waals surface area contributed by atoms with Crippen LogP contribution >= 0.6 is 11.6 Å². The number of hydrogen-bond acceptors (Lipinski definition) is 4. The van der Waals surface area contributed by atoms with Crippen LogP contribution in [-0.2, 0) is 4.79 Å². The van der Waals surface area contributed by atoms with Crippen LogP contribution in [0.4, 0.5) is 10.1 Å². The Morgan fingerprint density at radius 3 is 2.70 bits per heavy atom. The fourth-order valence-corrected chi connectivity index (χ4v) is 1.97. The molecule has 0 saturated heterocycles. The lowest BCUT2D eigenvalue weighted by atomic mass is 10.2. The van der Waals surface area contributed by atoms with Crippen LogP contribution in [0.25, 0.3) is 0 Å². The van der Waals surface area contributed by atoms with Gasteiger partial charge in [0.15, 0.2) is 18.1 Å². The quantitative estimate of drug-likeness (QED) is 0.821. The molecule has 0 aliphatic carbocycles. The molecule has 0 aliphatic heterocycles. The Hall–Kier alpha value is -2.60.